The van der Waals surface area contributed by atoms with Crippen molar-refractivity contribution in [2.75, 3.05) is 32.8 Å². The molecule has 0 aliphatic carbocycles. The van der Waals surface area contributed by atoms with E-state index in [9.17, 15) is 18.3 Å². The van der Waals surface area contributed by atoms with Crippen LogP contribution in [0.1, 0.15) is 18.5 Å². The number of aromatic amines is 1. The van der Waals surface area contributed by atoms with Gasteiger partial charge in [-0.25, -0.2) is 8.42 Å². The number of aliphatic carboxylic acids is 1. The normalized spacial score (nSPS) is 16.8. The number of nitrogens with one attached hydrogen (secondary N) is 1. The topological polar surface area (TPSA) is 103 Å². The van der Waals surface area contributed by atoms with E-state index in [0.717, 1.165) is 10.9 Å². The van der Waals surface area contributed by atoms with Crippen LogP contribution in [-0.2, 0) is 14.8 Å². The Morgan fingerprint density at radius 3 is 2.47 bits per heavy atom. The number of rotatable bonds is 7. The Balaban J connectivity index is 1.52. The number of fused-ring (bicyclic) bond motifs is 1. The third-order valence-corrected chi connectivity index (χ3v) is 7.76. The van der Waals surface area contributed by atoms with Crippen LogP contribution in [0.5, 0.6) is 5.75 Å². The number of carboxylic acid groups (broad SMARTS) is 1. The average molecular weight is 478 g/mol. The van der Waals surface area contributed by atoms with Crippen molar-refractivity contribution >= 4 is 38.5 Å². The first-order chi connectivity index (χ1) is 15.3. The van der Waals surface area contributed by atoms with Crippen molar-refractivity contribution in [3.63, 3.8) is 0 Å². The van der Waals surface area contributed by atoms with Gasteiger partial charge in [-0.3, -0.25) is 9.69 Å². The van der Waals surface area contributed by atoms with Gasteiger partial charge in [-0.05, 0) is 49.4 Å². The van der Waals surface area contributed by atoms with E-state index < -0.39 is 22.0 Å². The molecule has 0 amide bonds. The summed E-state index contributed by atoms with van der Waals surface area (Å²) in [5.41, 5.74) is 1.41. The summed E-state index contributed by atoms with van der Waals surface area (Å²) < 4.78 is 32.8. The zero-order chi connectivity index (χ0) is 22.9. The molecule has 10 heteroatoms. The van der Waals surface area contributed by atoms with Crippen LogP contribution >= 0.6 is 11.6 Å². The second-order valence-corrected chi connectivity index (χ2v) is 9.89. The Labute approximate surface area is 191 Å². The summed E-state index contributed by atoms with van der Waals surface area (Å²) in [6.07, 6.45) is 1.68. The minimum absolute atomic E-state index is 0.190. The summed E-state index contributed by atoms with van der Waals surface area (Å²) in [5, 5.41) is 11.2. The monoisotopic (exact) mass is 477 g/mol. The lowest BCUT2D eigenvalue weighted by atomic mass is 10.0. The largest absolute Gasteiger partial charge is 0.494 e. The van der Waals surface area contributed by atoms with E-state index in [1.165, 1.54) is 16.4 Å². The lowest BCUT2D eigenvalue weighted by molar-refractivity contribution is -0.144. The van der Waals surface area contributed by atoms with Crippen LogP contribution in [0.25, 0.3) is 10.9 Å². The summed E-state index contributed by atoms with van der Waals surface area (Å²) in [5.74, 6) is -0.381. The highest BCUT2D eigenvalue weighted by molar-refractivity contribution is 7.89. The maximum Gasteiger partial charge on any atom is 0.325 e. The van der Waals surface area contributed by atoms with E-state index in [0.29, 0.717) is 36.0 Å². The first-order valence-electron chi connectivity index (χ1n) is 10.3. The number of carboxylic acids is 1. The van der Waals surface area contributed by atoms with E-state index in [1.807, 2.05) is 6.92 Å². The number of halogens is 1. The number of hydrogen-bond donors (Lipinski definition) is 2. The summed E-state index contributed by atoms with van der Waals surface area (Å²) in [6, 6.07) is 10.7. The molecular weight excluding hydrogens is 454 g/mol. The van der Waals surface area contributed by atoms with Crippen molar-refractivity contribution in [2.45, 2.75) is 17.9 Å². The van der Waals surface area contributed by atoms with Gasteiger partial charge in [-0.2, -0.15) is 4.31 Å². The van der Waals surface area contributed by atoms with E-state index >= 15 is 0 Å². The molecule has 8 nitrogen and oxygen atoms in total. The number of ether oxygens (including phenoxy) is 1. The van der Waals surface area contributed by atoms with Crippen LogP contribution in [-0.4, -0.2) is 66.5 Å². The summed E-state index contributed by atoms with van der Waals surface area (Å²) >= 11 is 6.12. The highest BCUT2D eigenvalue weighted by Gasteiger charge is 2.35. The molecule has 1 aliphatic heterocycles. The van der Waals surface area contributed by atoms with Gasteiger partial charge in [0.05, 0.1) is 11.5 Å². The Morgan fingerprint density at radius 2 is 1.84 bits per heavy atom. The van der Waals surface area contributed by atoms with Crippen molar-refractivity contribution in [1.29, 1.82) is 0 Å². The number of hydrogen-bond acceptors (Lipinski definition) is 5. The van der Waals surface area contributed by atoms with E-state index in [2.05, 4.69) is 4.98 Å². The molecule has 0 unspecified atom stereocenters. The van der Waals surface area contributed by atoms with Crippen LogP contribution in [0.4, 0.5) is 0 Å². The molecule has 0 radical (unpaired) electrons. The van der Waals surface area contributed by atoms with Crippen molar-refractivity contribution in [3.8, 4) is 5.75 Å². The molecule has 170 valence electrons. The van der Waals surface area contributed by atoms with Gasteiger partial charge in [-0.15, -0.1) is 0 Å². The molecule has 1 saturated heterocycles. The number of benzene rings is 2. The Kier molecular flexibility index (Phi) is 6.43. The van der Waals surface area contributed by atoms with Crippen molar-refractivity contribution in [3.05, 3.63) is 59.2 Å². The summed E-state index contributed by atoms with van der Waals surface area (Å²) in [7, 11) is -3.68. The van der Waals surface area contributed by atoms with Crippen LogP contribution in [0.2, 0.25) is 5.02 Å². The molecule has 1 aliphatic rings. The van der Waals surface area contributed by atoms with Crippen LogP contribution in [0.3, 0.4) is 0 Å². The summed E-state index contributed by atoms with van der Waals surface area (Å²) in [6.45, 7) is 3.34. The fraction of sp³-hybridized carbons (Fsp3) is 0.318. The number of piperazine rings is 1. The van der Waals surface area contributed by atoms with Crippen LogP contribution in [0, 0.1) is 0 Å². The quantitative estimate of drug-likeness (QED) is 0.541. The van der Waals surface area contributed by atoms with Gasteiger partial charge in [0, 0.05) is 53.9 Å². The number of aromatic nitrogens is 1. The van der Waals surface area contributed by atoms with E-state index in [4.69, 9.17) is 16.3 Å². The van der Waals surface area contributed by atoms with Crippen molar-refractivity contribution < 1.29 is 23.1 Å². The molecule has 0 bridgehead atoms. The lowest BCUT2D eigenvalue weighted by Gasteiger charge is -2.37. The molecule has 1 fully saturated rings. The zero-order valence-corrected chi connectivity index (χ0v) is 19.1. The number of sulfonamides is 1. The number of carbonyl (C=O) groups is 1. The van der Waals surface area contributed by atoms with Crippen molar-refractivity contribution in [2.24, 2.45) is 0 Å². The molecule has 2 heterocycles. The standard InChI is InChI=1S/C22H24ClN3O5S/c1-2-31-16-4-6-17(7-5-16)32(29,30)26-11-9-25(10-12-26)21(22(27)28)19-14-24-20-8-3-15(23)13-18(19)20/h3-8,13-14,21,24H,2,9-12H2,1H3,(H,27,28)/t21-/m0/s1. The fourth-order valence-electron chi connectivity index (χ4n) is 4.05. The molecule has 0 saturated carbocycles. The maximum absolute atomic E-state index is 13.0. The predicted octanol–water partition coefficient (Wildman–Crippen LogP) is 3.35. The smallest absolute Gasteiger partial charge is 0.325 e. The molecular formula is C22H24ClN3O5S. The second-order valence-electron chi connectivity index (χ2n) is 7.52. The first kappa shape index (κ1) is 22.6. The molecule has 32 heavy (non-hydrogen) atoms. The first-order valence-corrected chi connectivity index (χ1v) is 12.1. The van der Waals surface area contributed by atoms with Gasteiger partial charge in [0.15, 0.2) is 0 Å². The van der Waals surface area contributed by atoms with Gasteiger partial charge in [0.2, 0.25) is 10.0 Å². The Bertz CT molecular complexity index is 1220. The van der Waals surface area contributed by atoms with Gasteiger partial charge in [0.25, 0.3) is 0 Å². The second kappa shape index (κ2) is 9.11. The highest BCUT2D eigenvalue weighted by atomic mass is 35.5. The molecule has 3 aromatic rings. The zero-order valence-electron chi connectivity index (χ0n) is 17.5. The van der Waals surface area contributed by atoms with Gasteiger partial charge in [-0.1, -0.05) is 11.6 Å². The number of nitrogens with zero attached hydrogens (tertiary/aromatic N) is 2. The van der Waals surface area contributed by atoms with Gasteiger partial charge < -0.3 is 14.8 Å². The molecule has 2 N–H and O–H groups in total. The molecule has 0 spiro atoms. The molecule has 2 aromatic carbocycles. The molecule has 1 aromatic heterocycles. The minimum Gasteiger partial charge on any atom is -0.494 e. The third-order valence-electron chi connectivity index (χ3n) is 5.62. The van der Waals surface area contributed by atoms with Gasteiger partial charge >= 0.3 is 5.97 Å². The fourth-order valence-corrected chi connectivity index (χ4v) is 5.65. The van der Waals surface area contributed by atoms with Crippen LogP contribution < -0.4 is 4.74 Å². The average Bonchev–Trinajstić information content (AvgIpc) is 3.17. The lowest BCUT2D eigenvalue weighted by Crippen LogP contribution is -2.50. The van der Waals surface area contributed by atoms with E-state index in [1.54, 1.807) is 41.4 Å². The maximum atomic E-state index is 13.0. The van der Waals surface area contributed by atoms with E-state index in [-0.39, 0.29) is 18.0 Å². The highest BCUT2D eigenvalue weighted by Crippen LogP contribution is 2.32. The number of H-pyrrole nitrogens is 1. The predicted molar refractivity (Wildman–Crippen MR) is 122 cm³/mol. The molecule has 1 atom stereocenters. The van der Waals surface area contributed by atoms with Crippen LogP contribution in [0.15, 0.2) is 53.6 Å². The van der Waals surface area contributed by atoms with Crippen molar-refractivity contribution in [1.82, 2.24) is 14.2 Å². The molecule has 4 rings (SSSR count). The van der Waals surface area contributed by atoms with Gasteiger partial charge in [0.1, 0.15) is 11.8 Å². The minimum atomic E-state index is -3.68. The summed E-state index contributed by atoms with van der Waals surface area (Å²) in [4.78, 5) is 17.2. The SMILES string of the molecule is CCOc1ccc(S(=O)(=O)N2CCN([C@H](C(=O)O)c3c[nH]c4ccc(Cl)cc34)CC2)cc1. The Hall–Kier alpha value is -2.59. The Morgan fingerprint density at radius 1 is 1.16 bits per heavy atom. The third kappa shape index (κ3) is 4.33.